The van der Waals surface area contributed by atoms with Gasteiger partial charge in [0.25, 0.3) is 11.5 Å². The topological polar surface area (TPSA) is 64.0 Å². The molecule has 6 heteroatoms. The molecule has 0 aliphatic heterocycles. The van der Waals surface area contributed by atoms with E-state index < -0.39 is 17.3 Å². The van der Waals surface area contributed by atoms with Crippen LogP contribution in [-0.2, 0) is 0 Å². The minimum Gasteiger partial charge on any atom is -0.320 e. The first-order chi connectivity index (χ1) is 11.9. The van der Waals surface area contributed by atoms with Crippen LogP contribution in [0.25, 0.3) is 5.69 Å². The maximum absolute atomic E-state index is 13.0. The fourth-order valence-corrected chi connectivity index (χ4v) is 2.44. The van der Waals surface area contributed by atoms with Gasteiger partial charge in [0, 0.05) is 11.8 Å². The normalized spacial score (nSPS) is 10.5. The molecule has 0 saturated carbocycles. The molecule has 3 rings (SSSR count). The molecule has 1 heterocycles. The van der Waals surface area contributed by atoms with Crippen LogP contribution in [-0.4, -0.2) is 15.7 Å². The predicted molar refractivity (Wildman–Crippen MR) is 93.7 cm³/mol. The van der Waals surface area contributed by atoms with Crippen molar-refractivity contribution in [3.63, 3.8) is 0 Å². The number of carbonyl (C=O) groups is 1. The van der Waals surface area contributed by atoms with Gasteiger partial charge in [0.05, 0.1) is 5.69 Å². The number of hydrogen-bond donors (Lipinski definition) is 1. The Balaban J connectivity index is 1.92. The van der Waals surface area contributed by atoms with Crippen molar-refractivity contribution in [1.82, 2.24) is 9.78 Å². The number of carbonyl (C=O) groups excluding carboxylic acids is 1. The molecule has 1 aromatic heterocycles. The number of rotatable bonds is 3. The second-order valence-corrected chi connectivity index (χ2v) is 5.72. The van der Waals surface area contributed by atoms with Gasteiger partial charge in [-0.1, -0.05) is 17.7 Å². The molecule has 126 valence electrons. The van der Waals surface area contributed by atoms with E-state index in [0.29, 0.717) is 11.4 Å². The number of aromatic nitrogens is 2. The Morgan fingerprint density at radius 3 is 2.44 bits per heavy atom. The Bertz CT molecular complexity index is 994. The van der Waals surface area contributed by atoms with Crippen molar-refractivity contribution < 1.29 is 9.18 Å². The van der Waals surface area contributed by atoms with Crippen molar-refractivity contribution in [1.29, 1.82) is 0 Å². The summed E-state index contributed by atoms with van der Waals surface area (Å²) in [5, 5.41) is 6.87. The Morgan fingerprint density at radius 2 is 1.76 bits per heavy atom. The number of hydrogen-bond acceptors (Lipinski definition) is 3. The summed E-state index contributed by atoms with van der Waals surface area (Å²) < 4.78 is 14.1. The summed E-state index contributed by atoms with van der Waals surface area (Å²) in [5.41, 5.74) is 2.77. The van der Waals surface area contributed by atoms with E-state index in [2.05, 4.69) is 10.4 Å². The van der Waals surface area contributed by atoms with Gasteiger partial charge < -0.3 is 5.32 Å². The van der Waals surface area contributed by atoms with Crippen molar-refractivity contribution >= 4 is 11.6 Å². The van der Waals surface area contributed by atoms with E-state index in [0.717, 1.165) is 15.8 Å². The molecule has 1 N–H and O–H groups in total. The Labute approximate surface area is 143 Å². The van der Waals surface area contributed by atoms with Crippen LogP contribution in [0.4, 0.5) is 10.1 Å². The van der Waals surface area contributed by atoms with Gasteiger partial charge in [-0.2, -0.15) is 9.78 Å². The van der Waals surface area contributed by atoms with Gasteiger partial charge in [0.2, 0.25) is 0 Å². The molecule has 0 saturated heterocycles. The third-order valence-corrected chi connectivity index (χ3v) is 3.73. The molecule has 2 aromatic carbocycles. The molecule has 0 unspecified atom stereocenters. The first-order valence-corrected chi connectivity index (χ1v) is 7.69. The molecule has 0 aliphatic rings. The first kappa shape index (κ1) is 16.6. The lowest BCUT2D eigenvalue weighted by atomic mass is 10.1. The van der Waals surface area contributed by atoms with Gasteiger partial charge in [-0.15, -0.1) is 0 Å². The van der Waals surface area contributed by atoms with Gasteiger partial charge in [-0.05, 0) is 55.8 Å². The zero-order valence-corrected chi connectivity index (χ0v) is 13.8. The monoisotopic (exact) mass is 337 g/mol. The van der Waals surface area contributed by atoms with Crippen molar-refractivity contribution in [2.24, 2.45) is 0 Å². The van der Waals surface area contributed by atoms with Crippen LogP contribution in [0.15, 0.2) is 59.4 Å². The van der Waals surface area contributed by atoms with Crippen LogP contribution in [0.5, 0.6) is 0 Å². The van der Waals surface area contributed by atoms with Gasteiger partial charge in [0.15, 0.2) is 0 Å². The molecule has 1 amide bonds. The number of aryl methyl sites for hydroxylation is 2. The highest BCUT2D eigenvalue weighted by Crippen LogP contribution is 2.16. The van der Waals surface area contributed by atoms with E-state index in [1.54, 1.807) is 0 Å². The van der Waals surface area contributed by atoms with Crippen LogP contribution in [0.2, 0.25) is 0 Å². The summed E-state index contributed by atoms with van der Waals surface area (Å²) in [6, 6.07) is 13.6. The van der Waals surface area contributed by atoms with Crippen molar-refractivity contribution in [2.45, 2.75) is 13.8 Å². The number of benzene rings is 2. The molecule has 0 aliphatic carbocycles. The Morgan fingerprint density at radius 1 is 1.04 bits per heavy atom. The zero-order valence-electron chi connectivity index (χ0n) is 13.8. The van der Waals surface area contributed by atoms with E-state index in [4.69, 9.17) is 0 Å². The summed E-state index contributed by atoms with van der Waals surface area (Å²) in [6.45, 7) is 3.87. The summed E-state index contributed by atoms with van der Waals surface area (Å²) in [5.74, 6) is -0.844. The second kappa shape index (κ2) is 6.68. The minimum absolute atomic E-state index is 0.0869. The average Bonchev–Trinajstić information content (AvgIpc) is 2.58. The first-order valence-electron chi connectivity index (χ1n) is 7.69. The fraction of sp³-hybridized carbons (Fsp3) is 0.105. The van der Waals surface area contributed by atoms with Crippen LogP contribution in [0.3, 0.4) is 0 Å². The summed E-state index contributed by atoms with van der Waals surface area (Å²) in [6.07, 6.45) is 0. The number of nitrogens with zero attached hydrogens (tertiary/aromatic N) is 2. The lowest BCUT2D eigenvalue weighted by Crippen LogP contribution is -2.25. The van der Waals surface area contributed by atoms with E-state index >= 15 is 0 Å². The predicted octanol–water partition coefficient (Wildman–Crippen LogP) is 3.24. The fourth-order valence-electron chi connectivity index (χ4n) is 2.44. The van der Waals surface area contributed by atoms with Gasteiger partial charge in [0.1, 0.15) is 11.5 Å². The maximum atomic E-state index is 13.0. The van der Waals surface area contributed by atoms with Crippen LogP contribution >= 0.6 is 0 Å². The third-order valence-electron chi connectivity index (χ3n) is 3.73. The number of amides is 1. The van der Waals surface area contributed by atoms with Crippen LogP contribution < -0.4 is 10.9 Å². The van der Waals surface area contributed by atoms with E-state index in [-0.39, 0.29) is 5.69 Å². The zero-order chi connectivity index (χ0) is 18.0. The summed E-state index contributed by atoms with van der Waals surface area (Å²) >= 11 is 0. The van der Waals surface area contributed by atoms with E-state index in [9.17, 15) is 14.0 Å². The second-order valence-electron chi connectivity index (χ2n) is 5.72. The van der Waals surface area contributed by atoms with Gasteiger partial charge >= 0.3 is 0 Å². The number of nitrogens with one attached hydrogen (secondary N) is 1. The molecule has 5 nitrogen and oxygen atoms in total. The average molecular weight is 337 g/mol. The van der Waals surface area contributed by atoms with E-state index in [1.165, 1.54) is 36.4 Å². The highest BCUT2D eigenvalue weighted by Gasteiger charge is 2.12. The van der Waals surface area contributed by atoms with Crippen LogP contribution in [0, 0.1) is 19.7 Å². The summed E-state index contributed by atoms with van der Waals surface area (Å²) in [7, 11) is 0. The molecular formula is C19H16FN3O2. The van der Waals surface area contributed by atoms with E-state index in [1.807, 2.05) is 32.0 Å². The smallest absolute Gasteiger partial charge is 0.276 e. The SMILES string of the molecule is Cc1ccc(NC(=O)c2ccc(=O)n(-c3ccc(F)cc3)n2)c(C)c1. The molecule has 0 radical (unpaired) electrons. The molecule has 0 spiro atoms. The highest BCUT2D eigenvalue weighted by molar-refractivity contribution is 6.03. The summed E-state index contributed by atoms with van der Waals surface area (Å²) in [4.78, 5) is 24.5. The lowest BCUT2D eigenvalue weighted by Gasteiger charge is -2.10. The standard InChI is InChI=1S/C19H16FN3O2/c1-12-3-8-16(13(2)11-12)21-19(25)17-9-10-18(24)23(22-17)15-6-4-14(20)5-7-15/h3-11H,1-2H3,(H,21,25). The van der Waals surface area contributed by atoms with Crippen molar-refractivity contribution in [3.8, 4) is 5.69 Å². The molecule has 25 heavy (non-hydrogen) atoms. The molecule has 0 fully saturated rings. The largest absolute Gasteiger partial charge is 0.320 e. The van der Waals surface area contributed by atoms with Gasteiger partial charge in [-0.25, -0.2) is 4.39 Å². The Kier molecular flexibility index (Phi) is 4.43. The quantitative estimate of drug-likeness (QED) is 0.798. The van der Waals surface area contributed by atoms with Crippen molar-refractivity contribution in [3.05, 3.63) is 87.6 Å². The molecular weight excluding hydrogens is 321 g/mol. The molecule has 0 bridgehead atoms. The lowest BCUT2D eigenvalue weighted by molar-refractivity contribution is 0.102. The molecule has 3 aromatic rings. The maximum Gasteiger partial charge on any atom is 0.276 e. The number of anilines is 1. The number of halogens is 1. The Hall–Kier alpha value is -3.28. The molecule has 0 atom stereocenters. The van der Waals surface area contributed by atoms with Gasteiger partial charge in [-0.3, -0.25) is 9.59 Å². The third kappa shape index (κ3) is 3.63. The van der Waals surface area contributed by atoms with Crippen molar-refractivity contribution in [2.75, 3.05) is 5.32 Å². The van der Waals surface area contributed by atoms with Crippen LogP contribution in [0.1, 0.15) is 21.6 Å². The highest BCUT2D eigenvalue weighted by atomic mass is 19.1. The minimum atomic E-state index is -0.428.